The molecule has 1 saturated carbocycles. The molecule has 0 spiro atoms. The number of fused-ring (bicyclic) bond motifs is 3. The molecule has 2 amide bonds. The molecule has 1 saturated heterocycles. The molecule has 1 aromatic heterocycles. The molecule has 0 bridgehead atoms. The van der Waals surface area contributed by atoms with E-state index in [0.29, 0.717) is 73.1 Å². The molecule has 44 heavy (non-hydrogen) atoms. The van der Waals surface area contributed by atoms with Crippen LogP contribution in [0.5, 0.6) is 28.7 Å². The maximum atomic E-state index is 15.3. The fraction of sp³-hybridized carbons (Fsp3) is 0.281. The molecule has 1 atom stereocenters. The number of rotatable bonds is 8. The Balaban J connectivity index is 1.09. The van der Waals surface area contributed by atoms with Gasteiger partial charge >= 0.3 is 0 Å². The lowest BCUT2D eigenvalue weighted by Crippen LogP contribution is -2.35. The summed E-state index contributed by atoms with van der Waals surface area (Å²) in [6.45, 7) is 1.74. The van der Waals surface area contributed by atoms with Crippen molar-refractivity contribution in [2.45, 2.75) is 25.4 Å². The fourth-order valence-corrected chi connectivity index (χ4v) is 5.23. The van der Waals surface area contributed by atoms with Gasteiger partial charge in [0.05, 0.1) is 24.1 Å². The molecule has 12 heteroatoms. The third kappa shape index (κ3) is 5.32. The Morgan fingerprint density at radius 1 is 0.841 bits per heavy atom. The number of nitrogens with zero attached hydrogens (tertiary/aromatic N) is 1. The van der Waals surface area contributed by atoms with Crippen molar-refractivity contribution in [3.05, 3.63) is 72.4 Å². The van der Waals surface area contributed by atoms with Gasteiger partial charge in [0.2, 0.25) is 17.6 Å². The maximum Gasteiger partial charge on any atom is 0.240 e. The molecule has 2 aliphatic heterocycles. The van der Waals surface area contributed by atoms with E-state index >= 15 is 4.39 Å². The molecule has 226 valence electrons. The summed E-state index contributed by atoms with van der Waals surface area (Å²) < 4.78 is 58.0. The Morgan fingerprint density at radius 2 is 1.57 bits per heavy atom. The summed E-state index contributed by atoms with van der Waals surface area (Å²) in [6.07, 6.45) is 2.84. The zero-order valence-electron chi connectivity index (χ0n) is 23.4. The van der Waals surface area contributed by atoms with Gasteiger partial charge in [0, 0.05) is 36.1 Å². The van der Waals surface area contributed by atoms with Crippen molar-refractivity contribution in [2.24, 2.45) is 5.41 Å². The van der Waals surface area contributed by atoms with Gasteiger partial charge in [0.25, 0.3) is 0 Å². The molecule has 3 aliphatic rings. The highest BCUT2D eigenvalue weighted by molar-refractivity contribution is 6.16. The summed E-state index contributed by atoms with van der Waals surface area (Å²) in [5, 5.41) is 5.78. The van der Waals surface area contributed by atoms with Crippen LogP contribution in [0.3, 0.4) is 0 Å². The highest BCUT2D eigenvalue weighted by atomic mass is 19.1. The SMILES string of the molecule is O=C(Nc1ccc(F)cc1)C1(C(=O)Nc2ccc(Oc3ccnc4cc(OC5CCOC5)c5c(c34)OCCO5)c(F)c2)CC1. The molecule has 7 rings (SSSR count). The smallest absolute Gasteiger partial charge is 0.240 e. The third-order valence-corrected chi connectivity index (χ3v) is 7.76. The lowest BCUT2D eigenvalue weighted by Gasteiger charge is -2.24. The molecular weight excluding hydrogens is 576 g/mol. The Kier molecular flexibility index (Phi) is 7.13. The first-order valence-corrected chi connectivity index (χ1v) is 14.2. The topological polar surface area (TPSA) is 117 Å². The molecule has 3 aromatic carbocycles. The first-order chi connectivity index (χ1) is 21.4. The Morgan fingerprint density at radius 3 is 2.27 bits per heavy atom. The number of carbonyl (C=O) groups excluding carboxylic acids is 2. The van der Waals surface area contributed by atoms with Crippen molar-refractivity contribution in [1.82, 2.24) is 4.98 Å². The summed E-state index contributed by atoms with van der Waals surface area (Å²) in [5.41, 5.74) is -0.243. The van der Waals surface area contributed by atoms with Crippen molar-refractivity contribution in [1.29, 1.82) is 0 Å². The van der Waals surface area contributed by atoms with E-state index in [4.69, 9.17) is 23.7 Å². The van der Waals surface area contributed by atoms with E-state index in [1.807, 2.05) is 0 Å². The average Bonchev–Trinajstić information content (AvgIpc) is 3.69. The predicted octanol–water partition coefficient (Wildman–Crippen LogP) is 5.60. The monoisotopic (exact) mass is 603 g/mol. The van der Waals surface area contributed by atoms with Crippen LogP contribution in [-0.2, 0) is 14.3 Å². The zero-order valence-corrected chi connectivity index (χ0v) is 23.4. The lowest BCUT2D eigenvalue weighted by atomic mass is 10.0. The average molecular weight is 604 g/mol. The number of ether oxygens (including phenoxy) is 5. The van der Waals surface area contributed by atoms with Crippen molar-refractivity contribution in [2.75, 3.05) is 37.1 Å². The van der Waals surface area contributed by atoms with Crippen LogP contribution >= 0.6 is 0 Å². The normalized spacial score (nSPS) is 18.0. The van der Waals surface area contributed by atoms with Crippen LogP contribution < -0.4 is 29.6 Å². The lowest BCUT2D eigenvalue weighted by molar-refractivity contribution is -0.131. The predicted molar refractivity (Wildman–Crippen MR) is 154 cm³/mol. The number of amides is 2. The minimum absolute atomic E-state index is 0.0976. The fourth-order valence-electron chi connectivity index (χ4n) is 5.23. The number of hydrogen-bond acceptors (Lipinski definition) is 8. The summed E-state index contributed by atoms with van der Waals surface area (Å²) in [6, 6.07) is 12.6. The number of halogens is 2. The van der Waals surface area contributed by atoms with Crippen LogP contribution in [0.15, 0.2) is 60.8 Å². The molecule has 2 N–H and O–H groups in total. The van der Waals surface area contributed by atoms with Crippen molar-refractivity contribution in [3.8, 4) is 28.7 Å². The number of nitrogens with one attached hydrogen (secondary N) is 2. The van der Waals surface area contributed by atoms with E-state index in [2.05, 4.69) is 15.6 Å². The van der Waals surface area contributed by atoms with Crippen molar-refractivity contribution < 1.29 is 42.1 Å². The van der Waals surface area contributed by atoms with Gasteiger partial charge < -0.3 is 34.3 Å². The molecule has 1 unspecified atom stereocenters. The number of anilines is 2. The van der Waals surface area contributed by atoms with Gasteiger partial charge in [-0.2, -0.15) is 0 Å². The number of carbonyl (C=O) groups is 2. The standard InChI is InChI=1S/C32H27F2N3O7/c33-18-1-3-19(4-2-18)36-30(38)32(9-10-32)31(39)37-20-5-6-24(22(34)15-20)44-25-7-11-35-23-16-26(43-21-8-12-40-17-21)28-29(27(23)25)42-14-13-41-28/h1-7,11,15-16,21H,8-10,12-14,17H2,(H,36,38)(H,37,39). The zero-order chi connectivity index (χ0) is 30.3. The first-order valence-electron chi connectivity index (χ1n) is 14.2. The number of hydrogen-bond donors (Lipinski definition) is 2. The van der Waals surface area contributed by atoms with Gasteiger partial charge in [-0.25, -0.2) is 8.78 Å². The second-order valence-electron chi connectivity index (χ2n) is 10.8. The Hall–Kier alpha value is -4.97. The van der Waals surface area contributed by atoms with Crippen molar-refractivity contribution >= 4 is 34.1 Å². The number of benzene rings is 3. The molecule has 10 nitrogen and oxygen atoms in total. The summed E-state index contributed by atoms with van der Waals surface area (Å²) >= 11 is 0. The maximum absolute atomic E-state index is 15.3. The third-order valence-electron chi connectivity index (χ3n) is 7.76. The van der Waals surface area contributed by atoms with E-state index in [9.17, 15) is 14.0 Å². The molecular formula is C32H27F2N3O7. The van der Waals surface area contributed by atoms with Crippen LogP contribution in [0.25, 0.3) is 10.9 Å². The number of pyridine rings is 1. The van der Waals surface area contributed by atoms with Crippen LogP contribution in [-0.4, -0.2) is 49.3 Å². The highest BCUT2D eigenvalue weighted by Gasteiger charge is 2.56. The minimum Gasteiger partial charge on any atom is -0.485 e. The summed E-state index contributed by atoms with van der Waals surface area (Å²) in [5.74, 6) is -0.753. The van der Waals surface area contributed by atoms with E-state index in [1.54, 1.807) is 12.1 Å². The molecule has 4 aromatic rings. The van der Waals surface area contributed by atoms with E-state index in [1.165, 1.54) is 42.6 Å². The van der Waals surface area contributed by atoms with Crippen LogP contribution in [0, 0.1) is 17.0 Å². The molecule has 0 radical (unpaired) electrons. The second kappa shape index (κ2) is 11.3. The Bertz CT molecular complexity index is 1760. The largest absolute Gasteiger partial charge is 0.485 e. The molecule has 1 aliphatic carbocycles. The quantitative estimate of drug-likeness (QED) is 0.250. The van der Waals surface area contributed by atoms with Crippen LogP contribution in [0.4, 0.5) is 20.2 Å². The van der Waals surface area contributed by atoms with E-state index < -0.39 is 28.9 Å². The van der Waals surface area contributed by atoms with Gasteiger partial charge in [-0.05, 0) is 55.3 Å². The highest BCUT2D eigenvalue weighted by Crippen LogP contribution is 2.50. The van der Waals surface area contributed by atoms with E-state index in [0.717, 1.165) is 12.5 Å². The van der Waals surface area contributed by atoms with Crippen LogP contribution in [0.2, 0.25) is 0 Å². The van der Waals surface area contributed by atoms with Gasteiger partial charge in [-0.15, -0.1) is 0 Å². The van der Waals surface area contributed by atoms with E-state index in [-0.39, 0.29) is 23.3 Å². The summed E-state index contributed by atoms with van der Waals surface area (Å²) in [7, 11) is 0. The first kappa shape index (κ1) is 27.8. The number of aromatic nitrogens is 1. The molecule has 2 fully saturated rings. The van der Waals surface area contributed by atoms with Gasteiger partial charge in [-0.3, -0.25) is 14.6 Å². The molecule has 3 heterocycles. The Labute approximate surface area is 250 Å². The summed E-state index contributed by atoms with van der Waals surface area (Å²) in [4.78, 5) is 30.4. The van der Waals surface area contributed by atoms with Gasteiger partial charge in [0.1, 0.15) is 36.3 Å². The second-order valence-corrected chi connectivity index (χ2v) is 10.8. The van der Waals surface area contributed by atoms with Gasteiger partial charge in [-0.1, -0.05) is 0 Å². The van der Waals surface area contributed by atoms with Gasteiger partial charge in [0.15, 0.2) is 23.1 Å². The van der Waals surface area contributed by atoms with Crippen molar-refractivity contribution in [3.63, 3.8) is 0 Å². The minimum atomic E-state index is -1.29. The van der Waals surface area contributed by atoms with Crippen LogP contribution in [0.1, 0.15) is 19.3 Å².